The molecule has 120 valence electrons. The van der Waals surface area contributed by atoms with Crippen molar-refractivity contribution in [1.82, 2.24) is 15.2 Å². The van der Waals surface area contributed by atoms with Crippen LogP contribution >= 0.6 is 0 Å². The molecule has 1 aromatic heterocycles. The Morgan fingerprint density at radius 1 is 1.41 bits per heavy atom. The zero-order valence-corrected chi connectivity index (χ0v) is 13.3. The van der Waals surface area contributed by atoms with E-state index in [0.717, 1.165) is 18.5 Å². The Hall–Kier alpha value is -1.46. The molecule has 0 aliphatic carbocycles. The molecule has 0 saturated carbocycles. The number of aliphatic hydroxyl groups is 1. The highest BCUT2D eigenvalue weighted by atomic mass is 16.3. The lowest BCUT2D eigenvalue weighted by Gasteiger charge is -2.43. The van der Waals surface area contributed by atoms with Crippen molar-refractivity contribution in [2.45, 2.75) is 63.3 Å². The summed E-state index contributed by atoms with van der Waals surface area (Å²) in [5.74, 6) is 0.0789. The first-order chi connectivity index (χ1) is 10.5. The molecule has 0 aromatic carbocycles. The van der Waals surface area contributed by atoms with Gasteiger partial charge in [0.2, 0.25) is 5.91 Å². The minimum absolute atomic E-state index is 0.0789. The normalized spacial score (nSPS) is 31.5. The molecule has 0 radical (unpaired) electrons. The second-order valence-corrected chi connectivity index (χ2v) is 6.93. The maximum Gasteiger partial charge on any atom is 0.234 e. The lowest BCUT2D eigenvalue weighted by molar-refractivity contribution is -0.126. The first-order valence-corrected chi connectivity index (χ1v) is 8.17. The van der Waals surface area contributed by atoms with Crippen molar-refractivity contribution in [3.8, 4) is 0 Å². The molecule has 1 amide bonds. The lowest BCUT2D eigenvalue weighted by atomic mass is 9.83. The Balaban J connectivity index is 1.70. The van der Waals surface area contributed by atoms with E-state index in [2.05, 4.69) is 15.2 Å². The molecule has 2 bridgehead atoms. The van der Waals surface area contributed by atoms with Gasteiger partial charge < -0.3 is 10.4 Å². The Morgan fingerprint density at radius 3 is 2.64 bits per heavy atom. The van der Waals surface area contributed by atoms with E-state index in [1.807, 2.05) is 32.0 Å². The third-order valence-electron chi connectivity index (χ3n) is 4.84. The van der Waals surface area contributed by atoms with Crippen LogP contribution in [0.4, 0.5) is 0 Å². The van der Waals surface area contributed by atoms with Gasteiger partial charge in [-0.1, -0.05) is 6.07 Å². The lowest BCUT2D eigenvalue weighted by Crippen LogP contribution is -2.53. The van der Waals surface area contributed by atoms with Gasteiger partial charge in [-0.05, 0) is 51.7 Å². The molecule has 0 unspecified atom stereocenters. The second kappa shape index (κ2) is 5.97. The van der Waals surface area contributed by atoms with Gasteiger partial charge in [-0.15, -0.1) is 0 Å². The van der Waals surface area contributed by atoms with Crippen molar-refractivity contribution in [2.24, 2.45) is 0 Å². The first kappa shape index (κ1) is 15.4. The number of pyridine rings is 1. The highest BCUT2D eigenvalue weighted by Crippen LogP contribution is 2.44. The highest BCUT2D eigenvalue weighted by Gasteiger charge is 2.49. The number of carbonyl (C=O) groups is 1. The van der Waals surface area contributed by atoms with Crippen LogP contribution in [0.5, 0.6) is 0 Å². The van der Waals surface area contributed by atoms with Crippen molar-refractivity contribution < 1.29 is 9.90 Å². The average Bonchev–Trinajstić information content (AvgIpc) is 2.71. The van der Waals surface area contributed by atoms with E-state index in [-0.39, 0.29) is 24.0 Å². The zero-order valence-electron chi connectivity index (χ0n) is 13.3. The number of hydrogen-bond donors (Lipinski definition) is 2. The van der Waals surface area contributed by atoms with Gasteiger partial charge in [-0.3, -0.25) is 14.7 Å². The quantitative estimate of drug-likeness (QED) is 0.883. The van der Waals surface area contributed by atoms with Crippen molar-refractivity contribution in [1.29, 1.82) is 0 Å². The van der Waals surface area contributed by atoms with Crippen LogP contribution in [0.1, 0.15) is 45.2 Å². The Labute approximate surface area is 131 Å². The van der Waals surface area contributed by atoms with E-state index in [1.54, 1.807) is 6.20 Å². The molecule has 2 saturated heterocycles. The first-order valence-electron chi connectivity index (χ1n) is 8.17. The number of nitrogens with one attached hydrogen (secondary N) is 1. The van der Waals surface area contributed by atoms with Crippen molar-refractivity contribution >= 4 is 5.91 Å². The molecule has 3 rings (SSSR count). The van der Waals surface area contributed by atoms with Crippen molar-refractivity contribution in [3.05, 3.63) is 30.1 Å². The molecule has 2 N–H and O–H groups in total. The molecule has 3 heterocycles. The molecule has 1 aromatic rings. The smallest absolute Gasteiger partial charge is 0.234 e. The minimum Gasteiger partial charge on any atom is -0.383 e. The SMILES string of the molecule is CC(C)NC(=O)CN1[C@@H]2CC[C@@H]1CC(O)(c1ccccn1)C2. The summed E-state index contributed by atoms with van der Waals surface area (Å²) in [7, 11) is 0. The third kappa shape index (κ3) is 3.01. The van der Waals surface area contributed by atoms with Crippen molar-refractivity contribution in [3.63, 3.8) is 0 Å². The van der Waals surface area contributed by atoms with Crippen LogP contribution in [0.15, 0.2) is 24.4 Å². The molecular weight excluding hydrogens is 278 g/mol. The molecule has 2 aliphatic heterocycles. The van der Waals surface area contributed by atoms with Gasteiger partial charge in [0.15, 0.2) is 0 Å². The van der Waals surface area contributed by atoms with Crippen LogP contribution in [0, 0.1) is 0 Å². The molecule has 5 nitrogen and oxygen atoms in total. The molecule has 0 spiro atoms. The standard InChI is InChI=1S/C17H25N3O2/c1-12(2)19-16(21)11-20-13-6-7-14(20)10-17(22,9-13)15-5-3-4-8-18-15/h3-5,8,12-14,22H,6-7,9-11H2,1-2H3,(H,19,21)/t13-,14-/m1/s1. The number of carbonyl (C=O) groups excluding carboxylic acids is 1. The molecule has 22 heavy (non-hydrogen) atoms. The summed E-state index contributed by atoms with van der Waals surface area (Å²) in [5.41, 5.74) is -0.0869. The van der Waals surface area contributed by atoms with E-state index in [4.69, 9.17) is 0 Å². The largest absolute Gasteiger partial charge is 0.383 e. The van der Waals surface area contributed by atoms with Gasteiger partial charge in [-0.2, -0.15) is 0 Å². The number of hydrogen-bond acceptors (Lipinski definition) is 4. The van der Waals surface area contributed by atoms with Gasteiger partial charge in [-0.25, -0.2) is 0 Å². The highest BCUT2D eigenvalue weighted by molar-refractivity contribution is 5.78. The predicted octanol–water partition coefficient (Wildman–Crippen LogP) is 1.42. The van der Waals surface area contributed by atoms with Crippen LogP contribution in [-0.2, 0) is 10.4 Å². The molecule has 2 aliphatic rings. The van der Waals surface area contributed by atoms with Gasteiger partial charge in [0, 0.05) is 24.3 Å². The Bertz CT molecular complexity index is 518. The van der Waals surface area contributed by atoms with Gasteiger partial charge in [0.1, 0.15) is 5.60 Å². The van der Waals surface area contributed by atoms with Crippen LogP contribution < -0.4 is 5.32 Å². The fourth-order valence-corrected chi connectivity index (χ4v) is 3.95. The molecule has 2 fully saturated rings. The van der Waals surface area contributed by atoms with E-state index in [1.165, 1.54) is 0 Å². The van der Waals surface area contributed by atoms with Crippen LogP contribution in [0.25, 0.3) is 0 Å². The van der Waals surface area contributed by atoms with Gasteiger partial charge in [0.25, 0.3) is 0 Å². The van der Waals surface area contributed by atoms with E-state index >= 15 is 0 Å². The van der Waals surface area contributed by atoms with E-state index < -0.39 is 5.60 Å². The second-order valence-electron chi connectivity index (χ2n) is 6.93. The van der Waals surface area contributed by atoms with Gasteiger partial charge >= 0.3 is 0 Å². The molecular formula is C17H25N3O2. The Kier molecular flexibility index (Phi) is 4.19. The maximum atomic E-state index is 12.0. The Morgan fingerprint density at radius 2 is 2.09 bits per heavy atom. The predicted molar refractivity (Wildman–Crippen MR) is 84.2 cm³/mol. The summed E-state index contributed by atoms with van der Waals surface area (Å²) < 4.78 is 0. The maximum absolute atomic E-state index is 12.0. The minimum atomic E-state index is -0.849. The van der Waals surface area contributed by atoms with Crippen LogP contribution in [0.3, 0.4) is 0 Å². The monoisotopic (exact) mass is 303 g/mol. The van der Waals surface area contributed by atoms with E-state index in [9.17, 15) is 9.90 Å². The number of fused-ring (bicyclic) bond motifs is 2. The van der Waals surface area contributed by atoms with Crippen LogP contribution in [-0.4, -0.2) is 45.6 Å². The average molecular weight is 303 g/mol. The third-order valence-corrected chi connectivity index (χ3v) is 4.84. The summed E-state index contributed by atoms with van der Waals surface area (Å²) in [5, 5.41) is 14.0. The fraction of sp³-hybridized carbons (Fsp3) is 0.647. The number of aromatic nitrogens is 1. The molecule has 2 atom stereocenters. The number of piperidine rings is 1. The number of nitrogens with zero attached hydrogens (tertiary/aromatic N) is 2. The van der Waals surface area contributed by atoms with E-state index in [0.29, 0.717) is 19.4 Å². The van der Waals surface area contributed by atoms with Gasteiger partial charge in [0.05, 0.1) is 12.2 Å². The van der Waals surface area contributed by atoms with Crippen molar-refractivity contribution in [2.75, 3.05) is 6.54 Å². The number of rotatable bonds is 4. The topological polar surface area (TPSA) is 65.5 Å². The summed E-state index contributed by atoms with van der Waals surface area (Å²) in [6, 6.07) is 6.39. The van der Waals surface area contributed by atoms with Crippen LogP contribution in [0.2, 0.25) is 0 Å². The summed E-state index contributed by atoms with van der Waals surface area (Å²) in [4.78, 5) is 18.7. The summed E-state index contributed by atoms with van der Waals surface area (Å²) in [6.07, 6.45) is 5.16. The number of amides is 1. The fourth-order valence-electron chi connectivity index (χ4n) is 3.95. The summed E-state index contributed by atoms with van der Waals surface area (Å²) >= 11 is 0. The molecule has 5 heteroatoms. The zero-order chi connectivity index (χ0) is 15.7. The summed E-state index contributed by atoms with van der Waals surface area (Å²) in [6.45, 7) is 4.39.